The Morgan fingerprint density at radius 3 is 1.90 bits per heavy atom. The lowest BCUT2D eigenvalue weighted by molar-refractivity contribution is -0.361. The number of para-hydroxylation sites is 1. The van der Waals surface area contributed by atoms with Crippen LogP contribution in [0.5, 0.6) is 5.75 Å². The van der Waals surface area contributed by atoms with Crippen molar-refractivity contribution in [3.63, 3.8) is 0 Å². The Hall–Kier alpha value is -1.02. The largest absolute Gasteiger partial charge is 0.872 e. The lowest BCUT2D eigenvalue weighted by atomic mass is 10.3. The fraction of sp³-hybridized carbons (Fsp3) is 0.250. The van der Waals surface area contributed by atoms with Crippen LogP contribution in [0, 0.1) is 0 Å². The average Bonchev–Trinajstić information content (AvgIpc) is 1.91. The van der Waals surface area contributed by atoms with E-state index in [9.17, 15) is 5.11 Å². The Morgan fingerprint density at radius 1 is 1.30 bits per heavy atom. The molecule has 0 amide bonds. The van der Waals surface area contributed by atoms with Crippen molar-refractivity contribution in [3.05, 3.63) is 30.3 Å². The lowest BCUT2D eigenvalue weighted by Gasteiger charge is -1.98. The maximum Gasteiger partial charge on any atom is 0.0711 e. The molecule has 0 radical (unpaired) electrons. The number of benzene rings is 1. The third-order valence-corrected chi connectivity index (χ3v) is 0.743. The first-order valence-corrected chi connectivity index (χ1v) is 3.32. The van der Waals surface area contributed by atoms with Gasteiger partial charge < -0.3 is 10.8 Å². The number of hydrogen-bond acceptors (Lipinski definition) is 1. The van der Waals surface area contributed by atoms with Gasteiger partial charge in [-0.15, -0.1) is 5.75 Å². The van der Waals surface area contributed by atoms with E-state index in [-0.39, 0.29) is 5.75 Å². The summed E-state index contributed by atoms with van der Waals surface area (Å²) in [6, 6.07) is 8.33. The first kappa shape index (κ1) is 8.98. The summed E-state index contributed by atoms with van der Waals surface area (Å²) in [6.07, 6.45) is 0. The number of hydrogen-bond donors (Lipinski definition) is 1. The quantitative estimate of drug-likeness (QED) is 0.540. The van der Waals surface area contributed by atoms with Gasteiger partial charge in [0.05, 0.1) is 6.54 Å². The molecule has 0 heterocycles. The van der Waals surface area contributed by atoms with E-state index in [4.69, 9.17) is 0 Å². The normalized spacial score (nSPS) is 7.80. The number of rotatable bonds is 0. The Morgan fingerprint density at radius 2 is 1.70 bits per heavy atom. The summed E-state index contributed by atoms with van der Waals surface area (Å²) >= 11 is 0. The minimum Gasteiger partial charge on any atom is -0.872 e. The van der Waals surface area contributed by atoms with Crippen LogP contribution in [0.4, 0.5) is 0 Å². The predicted molar refractivity (Wildman–Crippen MR) is 39.3 cm³/mol. The maximum absolute atomic E-state index is 10.3. The van der Waals surface area contributed by atoms with Gasteiger partial charge in [0.15, 0.2) is 0 Å². The molecule has 0 aliphatic carbocycles. The first-order valence-electron chi connectivity index (χ1n) is 3.32. The predicted octanol–water partition coefficient (Wildman–Crippen LogP) is 0.00840. The molecule has 0 aliphatic rings. The second kappa shape index (κ2) is 6.11. The highest BCUT2D eigenvalue weighted by Gasteiger charge is 1.64. The van der Waals surface area contributed by atoms with E-state index in [1.807, 2.05) is 13.0 Å². The Labute approximate surface area is 61.3 Å². The first-order chi connectivity index (χ1) is 4.81. The smallest absolute Gasteiger partial charge is 0.0711 e. The van der Waals surface area contributed by atoms with Crippen molar-refractivity contribution in [3.8, 4) is 5.75 Å². The molecule has 2 heteroatoms. The molecule has 0 unspecified atom stereocenters. The van der Waals surface area contributed by atoms with Crippen LogP contribution >= 0.6 is 0 Å². The molecule has 0 spiro atoms. The van der Waals surface area contributed by atoms with Crippen LogP contribution in [0.25, 0.3) is 0 Å². The monoisotopic (exact) mass is 139 g/mol. The van der Waals surface area contributed by atoms with Crippen molar-refractivity contribution < 1.29 is 10.8 Å². The highest BCUT2D eigenvalue weighted by Crippen LogP contribution is 1.98. The third-order valence-electron chi connectivity index (χ3n) is 0.743. The molecule has 0 atom stereocenters. The van der Waals surface area contributed by atoms with Crippen molar-refractivity contribution in [2.45, 2.75) is 6.92 Å². The molecule has 10 heavy (non-hydrogen) atoms. The summed E-state index contributed by atoms with van der Waals surface area (Å²) < 4.78 is 0. The van der Waals surface area contributed by atoms with Crippen LogP contribution < -0.4 is 10.8 Å². The van der Waals surface area contributed by atoms with Crippen LogP contribution in [0.3, 0.4) is 0 Å². The van der Waals surface area contributed by atoms with Gasteiger partial charge in [0.2, 0.25) is 0 Å². The second-order valence-electron chi connectivity index (χ2n) is 1.81. The highest BCUT2D eigenvalue weighted by atomic mass is 16.3. The fourth-order valence-electron chi connectivity index (χ4n) is 0.420. The molecule has 0 aromatic heterocycles. The van der Waals surface area contributed by atoms with Gasteiger partial charge in [0, 0.05) is 0 Å². The van der Waals surface area contributed by atoms with E-state index in [0.29, 0.717) is 0 Å². The second-order valence-corrected chi connectivity index (χ2v) is 1.81. The Kier molecular flexibility index (Phi) is 5.48. The molecule has 1 aromatic rings. The standard InChI is InChI=1S/C6H6O.C2H7N/c7-6-4-2-1-3-5-6;1-2-3/h1-5,7H;2-3H2,1H3. The van der Waals surface area contributed by atoms with Crippen LogP contribution in [0.15, 0.2) is 30.3 Å². The summed E-state index contributed by atoms with van der Waals surface area (Å²) in [6.45, 7) is 3.01. The van der Waals surface area contributed by atoms with Crippen LogP contribution in [0.2, 0.25) is 0 Å². The van der Waals surface area contributed by atoms with Crippen molar-refractivity contribution in [2.75, 3.05) is 6.54 Å². The minimum absolute atomic E-state index is 0.0718. The zero-order valence-electron chi connectivity index (χ0n) is 6.21. The lowest BCUT2D eigenvalue weighted by Crippen LogP contribution is -2.48. The van der Waals surface area contributed by atoms with Crippen LogP contribution in [-0.4, -0.2) is 6.54 Å². The molecular formula is C8H13NO. The zero-order chi connectivity index (χ0) is 7.82. The molecule has 1 rings (SSSR count). The summed E-state index contributed by atoms with van der Waals surface area (Å²) in [5, 5.41) is 10.3. The van der Waals surface area contributed by atoms with Gasteiger partial charge in [-0.2, -0.15) is 0 Å². The van der Waals surface area contributed by atoms with E-state index in [0.717, 1.165) is 6.54 Å². The van der Waals surface area contributed by atoms with Crippen molar-refractivity contribution in [1.29, 1.82) is 0 Å². The number of quaternary nitrogens is 1. The van der Waals surface area contributed by atoms with Gasteiger partial charge in [-0.3, -0.25) is 0 Å². The molecule has 2 nitrogen and oxygen atoms in total. The SMILES string of the molecule is CC[NH3+].[O-]c1ccccc1. The summed E-state index contributed by atoms with van der Waals surface area (Å²) in [5.41, 5.74) is 3.49. The van der Waals surface area contributed by atoms with Crippen LogP contribution in [-0.2, 0) is 0 Å². The van der Waals surface area contributed by atoms with E-state index >= 15 is 0 Å². The van der Waals surface area contributed by atoms with E-state index in [2.05, 4.69) is 5.73 Å². The molecule has 56 valence electrons. The molecule has 0 aliphatic heterocycles. The maximum atomic E-state index is 10.3. The molecular weight excluding hydrogens is 126 g/mol. The van der Waals surface area contributed by atoms with Gasteiger partial charge in [-0.25, -0.2) is 0 Å². The van der Waals surface area contributed by atoms with E-state index in [1.165, 1.54) is 12.1 Å². The van der Waals surface area contributed by atoms with E-state index in [1.54, 1.807) is 12.1 Å². The highest BCUT2D eigenvalue weighted by molar-refractivity contribution is 5.17. The average molecular weight is 139 g/mol. The van der Waals surface area contributed by atoms with Crippen molar-refractivity contribution >= 4 is 0 Å². The van der Waals surface area contributed by atoms with Gasteiger partial charge in [0.1, 0.15) is 0 Å². The van der Waals surface area contributed by atoms with Crippen LogP contribution in [0.1, 0.15) is 6.92 Å². The van der Waals surface area contributed by atoms with Gasteiger partial charge in [-0.1, -0.05) is 30.3 Å². The topological polar surface area (TPSA) is 50.7 Å². The minimum atomic E-state index is 0.0718. The molecule has 0 bridgehead atoms. The third kappa shape index (κ3) is 5.12. The molecule has 0 saturated carbocycles. The van der Waals surface area contributed by atoms with Gasteiger partial charge in [-0.05, 0) is 6.92 Å². The fourth-order valence-corrected chi connectivity index (χ4v) is 0.420. The summed E-state index contributed by atoms with van der Waals surface area (Å²) in [4.78, 5) is 0. The summed E-state index contributed by atoms with van der Waals surface area (Å²) in [7, 11) is 0. The van der Waals surface area contributed by atoms with Crippen molar-refractivity contribution in [1.82, 2.24) is 0 Å². The van der Waals surface area contributed by atoms with Gasteiger partial charge >= 0.3 is 0 Å². The Bertz CT molecular complexity index is 151. The van der Waals surface area contributed by atoms with Crippen molar-refractivity contribution in [2.24, 2.45) is 0 Å². The molecule has 3 N–H and O–H groups in total. The summed E-state index contributed by atoms with van der Waals surface area (Å²) in [5.74, 6) is 0.0718. The molecule has 0 fully saturated rings. The molecule has 0 saturated heterocycles. The zero-order valence-corrected chi connectivity index (χ0v) is 6.21. The molecule has 1 aromatic carbocycles. The van der Waals surface area contributed by atoms with Gasteiger partial charge in [0.25, 0.3) is 0 Å². The Balaban J connectivity index is 0.000000236. The van der Waals surface area contributed by atoms with E-state index < -0.39 is 0 Å².